The monoisotopic (exact) mass is 412 g/mol. The first-order valence-corrected chi connectivity index (χ1v) is 10.2. The van der Waals surface area contributed by atoms with Crippen LogP contribution in [0, 0.1) is 17.0 Å². The van der Waals surface area contributed by atoms with E-state index in [-0.39, 0.29) is 16.4 Å². The molecule has 6 rings (SSSR count). The Kier molecular flexibility index (Phi) is 4.31. The smallest absolute Gasteiger partial charge is 0.251 e. The second-order valence-corrected chi connectivity index (χ2v) is 8.74. The number of aromatic nitrogens is 1. The van der Waals surface area contributed by atoms with Gasteiger partial charge in [-0.1, -0.05) is 12.1 Å². The van der Waals surface area contributed by atoms with Gasteiger partial charge in [-0.25, -0.2) is 13.8 Å². The number of halogens is 2. The first kappa shape index (κ1) is 19.0. The zero-order chi connectivity index (χ0) is 20.9. The molecule has 3 saturated carbocycles. The highest BCUT2D eigenvalue weighted by Crippen LogP contribution is 2.57. The second kappa shape index (κ2) is 6.79. The summed E-state index contributed by atoms with van der Waals surface area (Å²) in [4.78, 5) is 17.1. The van der Waals surface area contributed by atoms with Crippen molar-refractivity contribution in [2.75, 3.05) is 6.54 Å². The minimum absolute atomic E-state index is 0.0164. The molecule has 0 saturated heterocycles. The van der Waals surface area contributed by atoms with Gasteiger partial charge in [0, 0.05) is 17.5 Å². The van der Waals surface area contributed by atoms with Gasteiger partial charge in [-0.2, -0.15) is 0 Å². The van der Waals surface area contributed by atoms with Gasteiger partial charge in [0.05, 0.1) is 0 Å². The largest absolute Gasteiger partial charge is 0.503 e. The Bertz CT molecular complexity index is 1060. The summed E-state index contributed by atoms with van der Waals surface area (Å²) < 4.78 is 33.2. The van der Waals surface area contributed by atoms with Crippen LogP contribution in [0.3, 0.4) is 0 Å². The summed E-state index contributed by atoms with van der Waals surface area (Å²) in [5.74, 6) is -3.08. The average Bonchev–Trinajstić information content (AvgIpc) is 3.22. The van der Waals surface area contributed by atoms with Crippen LogP contribution in [0.4, 0.5) is 8.78 Å². The maximum absolute atomic E-state index is 13.5. The number of carbonyl (C=O) groups excluding carboxylic acids is 1. The Morgan fingerprint density at radius 3 is 2.33 bits per heavy atom. The molecule has 3 aliphatic rings. The Balaban J connectivity index is 1.27. The van der Waals surface area contributed by atoms with E-state index in [1.54, 1.807) is 0 Å². The molecule has 30 heavy (non-hydrogen) atoms. The minimum atomic E-state index is -1.14. The average molecular weight is 412 g/mol. The van der Waals surface area contributed by atoms with Gasteiger partial charge in [-0.3, -0.25) is 4.79 Å². The van der Waals surface area contributed by atoms with Gasteiger partial charge >= 0.3 is 0 Å². The first-order valence-electron chi connectivity index (χ1n) is 10.2. The topological polar surface area (TPSA) is 75.4 Å². The summed E-state index contributed by atoms with van der Waals surface area (Å²) in [5.41, 5.74) is 1.49. The van der Waals surface area contributed by atoms with Crippen molar-refractivity contribution in [3.8, 4) is 5.75 Å². The van der Waals surface area contributed by atoms with E-state index < -0.39 is 23.3 Å². The van der Waals surface area contributed by atoms with Gasteiger partial charge in [0.1, 0.15) is 5.52 Å². The molecule has 1 amide bonds. The zero-order valence-electron chi connectivity index (χ0n) is 16.4. The lowest BCUT2D eigenvalue weighted by Gasteiger charge is -2.52. The number of aromatic hydroxyl groups is 1. The van der Waals surface area contributed by atoms with E-state index in [4.69, 9.17) is 9.40 Å². The van der Waals surface area contributed by atoms with Crippen LogP contribution >= 0.6 is 0 Å². The summed E-state index contributed by atoms with van der Waals surface area (Å²) in [7, 11) is 0. The Labute approximate surface area is 172 Å². The van der Waals surface area contributed by atoms with Crippen molar-refractivity contribution >= 4 is 17.0 Å². The second-order valence-electron chi connectivity index (χ2n) is 8.74. The molecule has 0 radical (unpaired) electrons. The van der Waals surface area contributed by atoms with Crippen LogP contribution in [-0.4, -0.2) is 22.5 Å². The van der Waals surface area contributed by atoms with Gasteiger partial charge in [-0.05, 0) is 68.2 Å². The number of phenolic OH excluding ortho intramolecular Hbond substituents is 1. The van der Waals surface area contributed by atoms with Crippen molar-refractivity contribution in [2.24, 2.45) is 5.41 Å². The van der Waals surface area contributed by atoms with Crippen LogP contribution in [0.1, 0.15) is 54.8 Å². The highest BCUT2D eigenvalue weighted by molar-refractivity contribution is 5.94. The Hall–Kier alpha value is -2.96. The van der Waals surface area contributed by atoms with Gasteiger partial charge in [0.25, 0.3) is 5.91 Å². The molecule has 0 spiro atoms. The van der Waals surface area contributed by atoms with Crippen LogP contribution in [0.2, 0.25) is 0 Å². The van der Waals surface area contributed by atoms with Crippen molar-refractivity contribution in [3.05, 3.63) is 59.5 Å². The number of hydrogen-bond donors (Lipinski definition) is 2. The van der Waals surface area contributed by atoms with Crippen LogP contribution < -0.4 is 5.32 Å². The molecule has 2 bridgehead atoms. The molecule has 2 N–H and O–H groups in total. The maximum atomic E-state index is 13.5. The molecule has 156 valence electrons. The van der Waals surface area contributed by atoms with Gasteiger partial charge in [-0.15, -0.1) is 0 Å². The third-order valence-corrected chi connectivity index (χ3v) is 7.05. The lowest BCUT2D eigenvalue weighted by atomic mass is 9.53. The summed E-state index contributed by atoms with van der Waals surface area (Å²) in [6.45, 7) is 0.458. The number of para-hydroxylation sites is 2. The van der Waals surface area contributed by atoms with E-state index in [2.05, 4.69) is 5.32 Å². The van der Waals surface area contributed by atoms with E-state index in [1.165, 1.54) is 0 Å². The van der Waals surface area contributed by atoms with Crippen LogP contribution in [0.15, 0.2) is 40.8 Å². The predicted molar refractivity (Wildman–Crippen MR) is 106 cm³/mol. The van der Waals surface area contributed by atoms with Gasteiger partial charge in [0.2, 0.25) is 5.89 Å². The number of nitrogens with zero attached hydrogens (tertiary/aromatic N) is 1. The normalized spacial score (nSPS) is 25.5. The molecule has 7 heteroatoms. The molecule has 0 atom stereocenters. The molecule has 3 aromatic rings. The maximum Gasteiger partial charge on any atom is 0.251 e. The fourth-order valence-corrected chi connectivity index (χ4v) is 5.01. The number of hydrogen-bond acceptors (Lipinski definition) is 4. The van der Waals surface area contributed by atoms with Crippen molar-refractivity contribution in [3.63, 3.8) is 0 Å². The number of fused-ring (bicyclic) bond motifs is 4. The van der Waals surface area contributed by atoms with Crippen LogP contribution in [-0.2, 0) is 5.41 Å². The third kappa shape index (κ3) is 3.04. The molecule has 5 nitrogen and oxygen atoms in total. The summed E-state index contributed by atoms with van der Waals surface area (Å²) in [5, 5.41) is 12.0. The molecule has 2 aromatic carbocycles. The number of benzene rings is 2. The minimum Gasteiger partial charge on any atom is -0.503 e. The van der Waals surface area contributed by atoms with Crippen molar-refractivity contribution < 1.29 is 23.1 Å². The predicted octanol–water partition coefficient (Wildman–Crippen LogP) is 4.83. The molecule has 3 fully saturated rings. The number of rotatable bonds is 4. The van der Waals surface area contributed by atoms with E-state index in [0.717, 1.165) is 67.6 Å². The van der Waals surface area contributed by atoms with Crippen LogP contribution in [0.25, 0.3) is 11.1 Å². The first-order chi connectivity index (χ1) is 14.4. The standard InChI is InChI=1S/C23H22F2N2O3/c24-15-11-14(12-16(25)19(15)28)20(29)26-13-22-5-8-23(9-6-22,10-7-22)21-27-17-3-1-2-4-18(17)30-21/h1-4,11-12,28H,5-10,13H2,(H,26,29). The highest BCUT2D eigenvalue weighted by Gasteiger charge is 2.51. The molecule has 3 aliphatic carbocycles. The summed E-state index contributed by atoms with van der Waals surface area (Å²) in [6.07, 6.45) is 5.63. The third-order valence-electron chi connectivity index (χ3n) is 7.05. The molecule has 1 heterocycles. The number of phenols is 1. The summed E-state index contributed by atoms with van der Waals surface area (Å²) in [6, 6.07) is 9.49. The van der Waals surface area contributed by atoms with Crippen molar-refractivity contribution in [1.82, 2.24) is 10.3 Å². The van der Waals surface area contributed by atoms with Crippen LogP contribution in [0.5, 0.6) is 5.75 Å². The van der Waals surface area contributed by atoms with E-state index in [0.29, 0.717) is 6.54 Å². The SMILES string of the molecule is O=C(NCC12CCC(c3nc4ccccc4o3)(CC1)CC2)c1cc(F)c(O)c(F)c1. The quantitative estimate of drug-likeness (QED) is 0.643. The van der Waals surface area contributed by atoms with Gasteiger partial charge < -0.3 is 14.8 Å². The number of oxazole rings is 1. The van der Waals surface area contributed by atoms with E-state index in [9.17, 15) is 18.7 Å². The molecule has 0 aliphatic heterocycles. The fourth-order valence-electron chi connectivity index (χ4n) is 5.01. The summed E-state index contributed by atoms with van der Waals surface area (Å²) >= 11 is 0. The van der Waals surface area contributed by atoms with Crippen molar-refractivity contribution in [1.29, 1.82) is 0 Å². The Morgan fingerprint density at radius 1 is 1.07 bits per heavy atom. The number of nitrogens with one attached hydrogen (secondary N) is 1. The molecular weight excluding hydrogens is 390 g/mol. The Morgan fingerprint density at radius 2 is 1.70 bits per heavy atom. The lowest BCUT2D eigenvalue weighted by Crippen LogP contribution is -2.49. The highest BCUT2D eigenvalue weighted by atomic mass is 19.1. The van der Waals surface area contributed by atoms with Gasteiger partial charge in [0.15, 0.2) is 23.0 Å². The molecule has 0 unspecified atom stereocenters. The zero-order valence-corrected chi connectivity index (χ0v) is 16.4. The number of carbonyl (C=O) groups is 1. The number of amides is 1. The lowest BCUT2D eigenvalue weighted by molar-refractivity contribution is 0.0265. The molecular formula is C23H22F2N2O3. The van der Waals surface area contributed by atoms with Crippen molar-refractivity contribution in [2.45, 2.75) is 43.9 Å². The fraction of sp³-hybridized carbons (Fsp3) is 0.391. The van der Waals surface area contributed by atoms with E-state index in [1.807, 2.05) is 24.3 Å². The van der Waals surface area contributed by atoms with E-state index >= 15 is 0 Å². The molecule has 1 aromatic heterocycles.